The van der Waals surface area contributed by atoms with E-state index in [0.29, 0.717) is 0 Å². The maximum atomic E-state index is 9.48. The van der Waals surface area contributed by atoms with Gasteiger partial charge < -0.3 is 14.9 Å². The van der Waals surface area contributed by atoms with Crippen LogP contribution in [0.4, 0.5) is 11.6 Å². The third-order valence-corrected chi connectivity index (χ3v) is 5.27. The average molecular weight is 318 g/mol. The number of aromatic nitrogens is 2. The summed E-state index contributed by atoms with van der Waals surface area (Å²) >= 11 is 1.78. The minimum Gasteiger partial charge on any atom is -0.394 e. The van der Waals surface area contributed by atoms with Crippen LogP contribution in [0.3, 0.4) is 0 Å². The van der Waals surface area contributed by atoms with Gasteiger partial charge in [0.1, 0.15) is 18.0 Å². The molecule has 1 aliphatic rings. The minimum atomic E-state index is 0.184. The number of anilines is 2. The molecule has 5 nitrogen and oxygen atoms in total. The van der Waals surface area contributed by atoms with E-state index in [0.717, 1.165) is 37.6 Å². The fraction of sp³-hybridized carbons (Fsp3) is 0.500. The number of aliphatic hydroxyl groups excluding tert-OH is 1. The Labute approximate surface area is 135 Å². The van der Waals surface area contributed by atoms with Gasteiger partial charge in [0, 0.05) is 24.5 Å². The molecule has 0 aromatic carbocycles. The summed E-state index contributed by atoms with van der Waals surface area (Å²) in [5.74, 6) is 1.83. The Morgan fingerprint density at radius 2 is 2.32 bits per heavy atom. The largest absolute Gasteiger partial charge is 0.394 e. The van der Waals surface area contributed by atoms with Crippen LogP contribution in [0, 0.1) is 6.92 Å². The number of nitrogens with zero attached hydrogens (tertiary/aromatic N) is 4. The lowest BCUT2D eigenvalue weighted by Crippen LogP contribution is -2.33. The van der Waals surface area contributed by atoms with Crippen LogP contribution in [-0.4, -0.2) is 41.3 Å². The van der Waals surface area contributed by atoms with E-state index in [4.69, 9.17) is 0 Å². The molecule has 3 heterocycles. The van der Waals surface area contributed by atoms with Gasteiger partial charge >= 0.3 is 0 Å². The topological polar surface area (TPSA) is 52.5 Å². The molecule has 3 rings (SSSR count). The Bertz CT molecular complexity index is 630. The molecule has 2 aromatic rings. The predicted octanol–water partition coefficient (Wildman–Crippen LogP) is 2.44. The van der Waals surface area contributed by atoms with Gasteiger partial charge in [0.05, 0.1) is 19.2 Å². The first-order valence-corrected chi connectivity index (χ1v) is 8.50. The van der Waals surface area contributed by atoms with E-state index in [-0.39, 0.29) is 12.6 Å². The molecule has 6 heteroatoms. The molecule has 0 bridgehead atoms. The molecule has 1 atom stereocenters. The Hall–Kier alpha value is -1.66. The first-order valence-electron chi connectivity index (χ1n) is 7.62. The number of aliphatic hydroxyl groups is 1. The van der Waals surface area contributed by atoms with Gasteiger partial charge in [-0.3, -0.25) is 0 Å². The summed E-state index contributed by atoms with van der Waals surface area (Å²) in [6.07, 6.45) is 3.75. The maximum absolute atomic E-state index is 9.48. The second-order valence-electron chi connectivity index (χ2n) is 5.79. The molecule has 0 aliphatic carbocycles. The first-order chi connectivity index (χ1) is 10.7. The van der Waals surface area contributed by atoms with Gasteiger partial charge in [-0.15, -0.1) is 11.3 Å². The molecule has 1 N–H and O–H groups in total. The highest BCUT2D eigenvalue weighted by Gasteiger charge is 2.25. The van der Waals surface area contributed by atoms with Crippen LogP contribution < -0.4 is 9.80 Å². The normalized spacial score (nSPS) is 18.0. The molecule has 2 aromatic heterocycles. The molecule has 1 saturated heterocycles. The number of hydrogen-bond donors (Lipinski definition) is 1. The molecule has 1 aliphatic heterocycles. The van der Waals surface area contributed by atoms with Crippen molar-refractivity contribution in [2.24, 2.45) is 0 Å². The summed E-state index contributed by atoms with van der Waals surface area (Å²) < 4.78 is 0. The van der Waals surface area contributed by atoms with Crippen molar-refractivity contribution in [1.82, 2.24) is 9.97 Å². The predicted molar refractivity (Wildman–Crippen MR) is 90.6 cm³/mol. The van der Waals surface area contributed by atoms with Crippen molar-refractivity contribution in [3.63, 3.8) is 0 Å². The summed E-state index contributed by atoms with van der Waals surface area (Å²) in [5, 5.41) is 11.6. The molecule has 22 heavy (non-hydrogen) atoms. The summed E-state index contributed by atoms with van der Waals surface area (Å²) in [4.78, 5) is 14.5. The average Bonchev–Trinajstić information content (AvgIpc) is 3.16. The summed E-state index contributed by atoms with van der Waals surface area (Å²) in [6, 6.07) is 4.36. The van der Waals surface area contributed by atoms with Gasteiger partial charge in [-0.2, -0.15) is 0 Å². The highest BCUT2D eigenvalue weighted by molar-refractivity contribution is 7.10. The van der Waals surface area contributed by atoms with Gasteiger partial charge in [-0.1, -0.05) is 0 Å². The first kappa shape index (κ1) is 15.2. The molecule has 1 fully saturated rings. The van der Waals surface area contributed by atoms with E-state index in [1.807, 2.05) is 6.07 Å². The quantitative estimate of drug-likeness (QED) is 0.918. The van der Waals surface area contributed by atoms with Gasteiger partial charge in [-0.25, -0.2) is 9.97 Å². The van der Waals surface area contributed by atoms with Crippen LogP contribution in [0.5, 0.6) is 0 Å². The van der Waals surface area contributed by atoms with E-state index in [2.05, 4.69) is 45.2 Å². The zero-order valence-corrected chi connectivity index (χ0v) is 13.9. The second-order valence-corrected chi connectivity index (χ2v) is 6.79. The van der Waals surface area contributed by atoms with E-state index in [1.165, 1.54) is 10.4 Å². The number of aryl methyl sites for hydroxylation is 1. The zero-order valence-electron chi connectivity index (χ0n) is 13.1. The van der Waals surface area contributed by atoms with Crippen molar-refractivity contribution in [3.8, 4) is 0 Å². The molecule has 0 saturated carbocycles. The van der Waals surface area contributed by atoms with Crippen LogP contribution in [-0.2, 0) is 6.54 Å². The molecule has 0 unspecified atom stereocenters. The van der Waals surface area contributed by atoms with Gasteiger partial charge in [-0.05, 0) is 36.8 Å². The smallest absolute Gasteiger partial charge is 0.134 e. The van der Waals surface area contributed by atoms with Crippen molar-refractivity contribution >= 4 is 23.0 Å². The molecule has 0 amide bonds. The Balaban J connectivity index is 1.77. The number of rotatable bonds is 5. The second kappa shape index (κ2) is 6.62. The van der Waals surface area contributed by atoms with E-state index < -0.39 is 0 Å². The molecule has 118 valence electrons. The highest BCUT2D eigenvalue weighted by atomic mass is 32.1. The monoisotopic (exact) mass is 318 g/mol. The van der Waals surface area contributed by atoms with Gasteiger partial charge in [0.2, 0.25) is 0 Å². The molecular formula is C16H22N4OS. The van der Waals surface area contributed by atoms with E-state index in [9.17, 15) is 5.11 Å². The maximum Gasteiger partial charge on any atom is 0.134 e. The molecule has 0 radical (unpaired) electrons. The van der Waals surface area contributed by atoms with Crippen molar-refractivity contribution in [2.45, 2.75) is 32.4 Å². The van der Waals surface area contributed by atoms with Crippen molar-refractivity contribution in [2.75, 3.05) is 30.0 Å². The fourth-order valence-corrected chi connectivity index (χ4v) is 3.85. The standard InChI is InChI=1S/C16H22N4OS/c1-12-5-7-22-14(12)9-19(2)15-8-16(18-11-17-15)20-6-3-4-13(20)10-21/h5,7-8,11,13,21H,3-4,6,9-10H2,1-2H3/t13-/m0/s1. The lowest BCUT2D eigenvalue weighted by molar-refractivity contribution is 0.266. The van der Waals surface area contributed by atoms with Crippen LogP contribution in [0.15, 0.2) is 23.8 Å². The lowest BCUT2D eigenvalue weighted by Gasteiger charge is -2.25. The van der Waals surface area contributed by atoms with Crippen LogP contribution in [0.25, 0.3) is 0 Å². The van der Waals surface area contributed by atoms with Gasteiger partial charge in [0.25, 0.3) is 0 Å². The van der Waals surface area contributed by atoms with Crippen LogP contribution >= 0.6 is 11.3 Å². The summed E-state index contributed by atoms with van der Waals surface area (Å²) in [6.45, 7) is 4.13. The number of hydrogen-bond acceptors (Lipinski definition) is 6. The van der Waals surface area contributed by atoms with Crippen molar-refractivity contribution in [1.29, 1.82) is 0 Å². The van der Waals surface area contributed by atoms with Crippen LogP contribution in [0.2, 0.25) is 0 Å². The Morgan fingerprint density at radius 1 is 1.45 bits per heavy atom. The zero-order chi connectivity index (χ0) is 15.5. The number of thiophene rings is 1. The van der Waals surface area contributed by atoms with Gasteiger partial charge in [0.15, 0.2) is 0 Å². The lowest BCUT2D eigenvalue weighted by atomic mass is 10.2. The summed E-state index contributed by atoms with van der Waals surface area (Å²) in [5.41, 5.74) is 1.33. The summed E-state index contributed by atoms with van der Waals surface area (Å²) in [7, 11) is 2.05. The van der Waals surface area contributed by atoms with Crippen LogP contribution in [0.1, 0.15) is 23.3 Å². The highest BCUT2D eigenvalue weighted by Crippen LogP contribution is 2.26. The van der Waals surface area contributed by atoms with E-state index in [1.54, 1.807) is 17.7 Å². The Morgan fingerprint density at radius 3 is 3.05 bits per heavy atom. The Kier molecular flexibility index (Phi) is 4.59. The molecular weight excluding hydrogens is 296 g/mol. The SMILES string of the molecule is Cc1ccsc1CN(C)c1cc(N2CCC[C@H]2CO)ncn1. The fourth-order valence-electron chi connectivity index (χ4n) is 2.89. The van der Waals surface area contributed by atoms with Crippen molar-refractivity contribution < 1.29 is 5.11 Å². The third-order valence-electron chi connectivity index (χ3n) is 4.26. The van der Waals surface area contributed by atoms with Crippen molar-refractivity contribution in [3.05, 3.63) is 34.3 Å². The van der Waals surface area contributed by atoms with E-state index >= 15 is 0 Å². The minimum absolute atomic E-state index is 0.184. The molecule has 0 spiro atoms. The third kappa shape index (κ3) is 3.08.